The van der Waals surface area contributed by atoms with Gasteiger partial charge >= 0.3 is 17.9 Å². The maximum Gasteiger partial charge on any atom is 0.404 e. The highest BCUT2D eigenvalue weighted by atomic mass is 35.5. The van der Waals surface area contributed by atoms with Crippen molar-refractivity contribution in [1.29, 1.82) is 0 Å². The van der Waals surface area contributed by atoms with Crippen LogP contribution in [0.2, 0.25) is 5.02 Å². The third kappa shape index (κ3) is 3.77. The minimum atomic E-state index is -1.06. The second-order valence-corrected chi connectivity index (χ2v) is 7.37. The van der Waals surface area contributed by atoms with Crippen molar-refractivity contribution in [3.8, 4) is 0 Å². The van der Waals surface area contributed by atoms with Crippen LogP contribution in [0.15, 0.2) is 24.3 Å². The summed E-state index contributed by atoms with van der Waals surface area (Å²) in [4.78, 5) is 36.4. The van der Waals surface area contributed by atoms with Crippen molar-refractivity contribution in [2.75, 3.05) is 19.6 Å². The molecule has 1 saturated carbocycles. The lowest BCUT2D eigenvalue weighted by Gasteiger charge is -2.44. The standard InChI is InChI=1S/C18H22ClN3O4/c19-13-3-1-2-12(10-13)18(11-21-17(25)26)6-4-14(5-7-18)22-9-8-20-15(23)16(22)24/h1-3,10,14,21H,4-9,11H2,(H,20,23)(H,25,26). The molecular weight excluding hydrogens is 358 g/mol. The molecule has 1 aromatic carbocycles. The van der Waals surface area contributed by atoms with Gasteiger partial charge in [-0.05, 0) is 43.4 Å². The Kier molecular flexibility index (Phi) is 5.36. The predicted octanol–water partition coefficient (Wildman–Crippen LogP) is 1.75. The Labute approximate surface area is 156 Å². The van der Waals surface area contributed by atoms with Gasteiger partial charge in [0.2, 0.25) is 0 Å². The highest BCUT2D eigenvalue weighted by molar-refractivity contribution is 6.35. The summed E-state index contributed by atoms with van der Waals surface area (Å²) in [6.07, 6.45) is 1.80. The van der Waals surface area contributed by atoms with Crippen molar-refractivity contribution in [2.45, 2.75) is 37.1 Å². The Morgan fingerprint density at radius 3 is 2.73 bits per heavy atom. The molecule has 0 atom stereocenters. The maximum absolute atomic E-state index is 12.1. The van der Waals surface area contributed by atoms with Gasteiger partial charge in [0.1, 0.15) is 0 Å². The van der Waals surface area contributed by atoms with Crippen molar-refractivity contribution < 1.29 is 19.5 Å². The molecule has 26 heavy (non-hydrogen) atoms. The second-order valence-electron chi connectivity index (χ2n) is 6.94. The molecule has 3 amide bonds. The Balaban J connectivity index is 1.77. The van der Waals surface area contributed by atoms with E-state index in [0.29, 0.717) is 50.3 Å². The summed E-state index contributed by atoms with van der Waals surface area (Å²) in [7, 11) is 0. The number of carboxylic acid groups (broad SMARTS) is 1. The van der Waals surface area contributed by atoms with E-state index >= 15 is 0 Å². The lowest BCUT2D eigenvalue weighted by Crippen LogP contribution is -2.57. The predicted molar refractivity (Wildman–Crippen MR) is 96.1 cm³/mol. The summed E-state index contributed by atoms with van der Waals surface area (Å²) < 4.78 is 0. The van der Waals surface area contributed by atoms with Gasteiger partial charge in [0.05, 0.1) is 0 Å². The van der Waals surface area contributed by atoms with E-state index in [4.69, 9.17) is 16.7 Å². The summed E-state index contributed by atoms with van der Waals surface area (Å²) in [5.74, 6) is -1.02. The number of hydrogen-bond acceptors (Lipinski definition) is 3. The van der Waals surface area contributed by atoms with E-state index < -0.39 is 17.9 Å². The number of benzene rings is 1. The molecule has 3 N–H and O–H groups in total. The minimum Gasteiger partial charge on any atom is -0.465 e. The lowest BCUT2D eigenvalue weighted by atomic mass is 9.67. The first-order valence-corrected chi connectivity index (χ1v) is 9.11. The van der Waals surface area contributed by atoms with Gasteiger partial charge < -0.3 is 20.6 Å². The third-order valence-corrected chi connectivity index (χ3v) is 5.70. The van der Waals surface area contributed by atoms with Crippen molar-refractivity contribution in [2.24, 2.45) is 0 Å². The van der Waals surface area contributed by atoms with Crippen LogP contribution in [-0.4, -0.2) is 53.6 Å². The number of piperazine rings is 1. The molecule has 1 aromatic rings. The maximum atomic E-state index is 12.1. The van der Waals surface area contributed by atoms with Crippen LogP contribution in [-0.2, 0) is 15.0 Å². The van der Waals surface area contributed by atoms with E-state index in [9.17, 15) is 14.4 Å². The van der Waals surface area contributed by atoms with Gasteiger partial charge in [-0.15, -0.1) is 0 Å². The number of nitrogens with zero attached hydrogens (tertiary/aromatic N) is 1. The van der Waals surface area contributed by atoms with Gasteiger partial charge in [0.15, 0.2) is 0 Å². The second kappa shape index (κ2) is 7.53. The van der Waals surface area contributed by atoms with E-state index in [1.165, 1.54) is 0 Å². The molecule has 3 rings (SSSR count). The summed E-state index contributed by atoms with van der Waals surface area (Å²) in [5.41, 5.74) is 0.640. The molecule has 1 saturated heterocycles. The molecular formula is C18H22ClN3O4. The number of hydrogen-bond donors (Lipinski definition) is 3. The van der Waals surface area contributed by atoms with Gasteiger partial charge in [-0.1, -0.05) is 23.7 Å². The van der Waals surface area contributed by atoms with Crippen LogP contribution in [0.4, 0.5) is 4.79 Å². The number of rotatable bonds is 4. The number of carbonyl (C=O) groups excluding carboxylic acids is 2. The molecule has 0 aromatic heterocycles. The molecule has 2 fully saturated rings. The smallest absolute Gasteiger partial charge is 0.404 e. The number of nitrogens with one attached hydrogen (secondary N) is 2. The molecule has 140 valence electrons. The van der Waals surface area contributed by atoms with Gasteiger partial charge in [0, 0.05) is 36.1 Å². The highest BCUT2D eigenvalue weighted by Crippen LogP contribution is 2.41. The largest absolute Gasteiger partial charge is 0.465 e. The molecule has 0 radical (unpaired) electrons. The van der Waals surface area contributed by atoms with E-state index in [1.54, 1.807) is 11.0 Å². The molecule has 2 aliphatic rings. The Bertz CT molecular complexity index is 716. The van der Waals surface area contributed by atoms with E-state index in [1.807, 2.05) is 18.2 Å². The number of halogens is 1. The van der Waals surface area contributed by atoms with Crippen LogP contribution >= 0.6 is 11.6 Å². The summed E-state index contributed by atoms with van der Waals surface area (Å²) in [6, 6.07) is 7.51. The normalized spacial score (nSPS) is 26.3. The zero-order valence-corrected chi connectivity index (χ0v) is 15.1. The van der Waals surface area contributed by atoms with Crippen molar-refractivity contribution >= 4 is 29.5 Å². The minimum absolute atomic E-state index is 0.00527. The molecule has 1 heterocycles. The molecule has 1 aliphatic heterocycles. The molecule has 8 heteroatoms. The molecule has 0 bridgehead atoms. The van der Waals surface area contributed by atoms with Crippen LogP contribution in [0.5, 0.6) is 0 Å². The molecule has 0 unspecified atom stereocenters. The average molecular weight is 380 g/mol. The van der Waals surface area contributed by atoms with E-state index in [2.05, 4.69) is 10.6 Å². The van der Waals surface area contributed by atoms with Gasteiger partial charge in [-0.25, -0.2) is 4.79 Å². The monoisotopic (exact) mass is 379 g/mol. The van der Waals surface area contributed by atoms with Crippen LogP contribution in [0, 0.1) is 0 Å². The van der Waals surface area contributed by atoms with Crippen LogP contribution in [0.25, 0.3) is 0 Å². The molecule has 7 nitrogen and oxygen atoms in total. The Hall–Kier alpha value is -2.28. The summed E-state index contributed by atoms with van der Waals surface area (Å²) in [6.45, 7) is 1.29. The fourth-order valence-electron chi connectivity index (χ4n) is 4.04. The zero-order chi connectivity index (χ0) is 18.7. The van der Waals surface area contributed by atoms with Gasteiger partial charge in [-0.2, -0.15) is 0 Å². The topological polar surface area (TPSA) is 98.7 Å². The molecule has 0 spiro atoms. The first-order chi connectivity index (χ1) is 12.4. The highest BCUT2D eigenvalue weighted by Gasteiger charge is 2.41. The fraction of sp³-hybridized carbons (Fsp3) is 0.500. The molecule has 1 aliphatic carbocycles. The first kappa shape index (κ1) is 18.5. The summed E-state index contributed by atoms with van der Waals surface area (Å²) >= 11 is 6.14. The van der Waals surface area contributed by atoms with Gasteiger partial charge in [0.25, 0.3) is 0 Å². The Morgan fingerprint density at radius 1 is 1.35 bits per heavy atom. The number of amides is 3. The van der Waals surface area contributed by atoms with Crippen molar-refractivity contribution in [1.82, 2.24) is 15.5 Å². The SMILES string of the molecule is O=C(O)NCC1(c2cccc(Cl)c2)CCC(N2CCNC(=O)C2=O)CC1. The van der Waals surface area contributed by atoms with Gasteiger partial charge in [-0.3, -0.25) is 9.59 Å². The quantitative estimate of drug-likeness (QED) is 0.694. The third-order valence-electron chi connectivity index (χ3n) is 5.46. The van der Waals surface area contributed by atoms with Crippen molar-refractivity contribution in [3.63, 3.8) is 0 Å². The summed E-state index contributed by atoms with van der Waals surface area (Å²) in [5, 5.41) is 14.7. The fourth-order valence-corrected chi connectivity index (χ4v) is 4.23. The zero-order valence-electron chi connectivity index (χ0n) is 14.3. The van der Waals surface area contributed by atoms with Crippen molar-refractivity contribution in [3.05, 3.63) is 34.9 Å². The number of carbonyl (C=O) groups is 3. The van der Waals surface area contributed by atoms with Crippen LogP contribution in [0.1, 0.15) is 31.2 Å². The van der Waals surface area contributed by atoms with E-state index in [0.717, 1.165) is 5.56 Å². The van der Waals surface area contributed by atoms with Crippen LogP contribution < -0.4 is 10.6 Å². The average Bonchev–Trinajstić information content (AvgIpc) is 2.63. The lowest BCUT2D eigenvalue weighted by molar-refractivity contribution is -0.150. The Morgan fingerprint density at radius 2 is 2.08 bits per heavy atom. The van der Waals surface area contributed by atoms with E-state index in [-0.39, 0.29) is 11.5 Å². The van der Waals surface area contributed by atoms with Crippen LogP contribution in [0.3, 0.4) is 0 Å². The first-order valence-electron chi connectivity index (χ1n) is 8.73.